The molecule has 6 N–H and O–H groups in total. The number of rotatable bonds is 23. The van der Waals surface area contributed by atoms with Crippen LogP contribution in [0, 0.1) is 0 Å². The predicted molar refractivity (Wildman–Crippen MR) is 158 cm³/mol. The number of nitrogens with one attached hydrogen (secondary N) is 2. The molecule has 42 heavy (non-hydrogen) atoms. The number of carbonyl (C=O) groups is 2. The van der Waals surface area contributed by atoms with Crippen LogP contribution >= 0.6 is 0 Å². The lowest BCUT2D eigenvalue weighted by Gasteiger charge is -2.41. The number of carbonyl (C=O) groups excluding carboxylic acids is 2. The van der Waals surface area contributed by atoms with Gasteiger partial charge in [-0.05, 0) is 64.2 Å². The molecule has 2 amide bonds. The number of hydrogen-bond donors (Lipinski definition) is 6. The van der Waals surface area contributed by atoms with Crippen LogP contribution in [0.25, 0.3) is 0 Å². The maximum absolute atomic E-state index is 12.3. The number of amides is 2. The third-order valence-electron chi connectivity index (χ3n) is 8.26. The molecule has 0 aliphatic carbocycles. The van der Waals surface area contributed by atoms with Crippen molar-refractivity contribution in [3.05, 3.63) is 0 Å². The highest BCUT2D eigenvalue weighted by Crippen LogP contribution is 2.19. The van der Waals surface area contributed by atoms with Crippen LogP contribution in [0.2, 0.25) is 0 Å². The Kier molecular flexibility index (Phi) is 18.7. The third-order valence-corrected chi connectivity index (χ3v) is 8.26. The molecule has 246 valence electrons. The van der Waals surface area contributed by atoms with E-state index in [9.17, 15) is 19.8 Å². The highest BCUT2D eigenvalue weighted by molar-refractivity contribution is 5.75. The van der Waals surface area contributed by atoms with Crippen LogP contribution in [0.5, 0.6) is 0 Å². The van der Waals surface area contributed by atoms with Gasteiger partial charge in [0.15, 0.2) is 0 Å². The van der Waals surface area contributed by atoms with Gasteiger partial charge in [0.05, 0.1) is 13.2 Å². The molecule has 2 aliphatic heterocycles. The molecule has 2 unspecified atom stereocenters. The van der Waals surface area contributed by atoms with Gasteiger partial charge in [-0.3, -0.25) is 9.59 Å². The second kappa shape index (κ2) is 21.3. The number of aliphatic hydroxyl groups excluding tert-OH is 4. The minimum atomic E-state index is -0.652. The summed E-state index contributed by atoms with van der Waals surface area (Å²) in [6.07, 6.45) is 10.3. The van der Waals surface area contributed by atoms with Crippen LogP contribution in [0.15, 0.2) is 0 Å². The summed E-state index contributed by atoms with van der Waals surface area (Å²) in [5.74, 6) is -0.160. The fraction of sp³-hybridized carbons (Fsp3) is 0.933. The standard InChI is InChI=1S/C30H58N4O8/c35-19-11-13-29(39)31-33(15-5-3-6-16-33)23-27(37)25-41-21-9-1-2-10-22-42-26-28(38)24-34(17-7-4-8-18-34)32-30(40)14-12-20-36/h27-28,35-38H,1-26H2/p+2. The largest absolute Gasteiger partial charge is 0.396 e. The number of unbranched alkanes of at least 4 members (excludes halogenated alkanes) is 3. The lowest BCUT2D eigenvalue weighted by molar-refractivity contribution is -0.967. The molecule has 2 fully saturated rings. The van der Waals surface area contributed by atoms with Crippen molar-refractivity contribution in [1.82, 2.24) is 10.9 Å². The number of hydrogen-bond acceptors (Lipinski definition) is 8. The van der Waals surface area contributed by atoms with Gasteiger partial charge in [-0.1, -0.05) is 12.8 Å². The fourth-order valence-corrected chi connectivity index (χ4v) is 6.15. The molecule has 12 nitrogen and oxygen atoms in total. The molecule has 0 aromatic heterocycles. The number of likely N-dealkylation sites (tertiary alicyclic amines) is 2. The first-order valence-electron chi connectivity index (χ1n) is 16.4. The highest BCUT2D eigenvalue weighted by atomic mass is 16.5. The monoisotopic (exact) mass is 604 g/mol. The lowest BCUT2D eigenvalue weighted by Crippen LogP contribution is -2.65. The van der Waals surface area contributed by atoms with Crippen LogP contribution in [-0.2, 0) is 19.1 Å². The molecule has 2 aliphatic rings. The number of piperidine rings is 2. The molecule has 0 saturated carbocycles. The molecule has 0 aromatic carbocycles. The highest BCUT2D eigenvalue weighted by Gasteiger charge is 2.36. The summed E-state index contributed by atoms with van der Waals surface area (Å²) in [4.78, 5) is 24.6. The number of ether oxygens (including phenoxy) is 2. The van der Waals surface area contributed by atoms with E-state index in [0.29, 0.717) is 61.2 Å². The average molecular weight is 605 g/mol. The van der Waals surface area contributed by atoms with Gasteiger partial charge >= 0.3 is 0 Å². The van der Waals surface area contributed by atoms with Crippen molar-refractivity contribution < 1.29 is 48.7 Å². The normalized spacial score (nSPS) is 19.6. The zero-order chi connectivity index (χ0) is 30.5. The number of nitrogens with zero attached hydrogens (tertiary/aromatic N) is 2. The summed E-state index contributed by atoms with van der Waals surface area (Å²) in [6, 6.07) is 0. The van der Waals surface area contributed by atoms with Gasteiger partial charge in [-0.15, -0.1) is 0 Å². The van der Waals surface area contributed by atoms with E-state index < -0.39 is 12.2 Å². The second-order valence-electron chi connectivity index (χ2n) is 12.3. The average Bonchev–Trinajstić information content (AvgIpc) is 2.96. The van der Waals surface area contributed by atoms with Gasteiger partial charge in [0.1, 0.15) is 51.5 Å². The Labute approximate surface area is 252 Å². The Morgan fingerprint density at radius 1 is 0.595 bits per heavy atom. The SMILES string of the molecule is O=C(CCCO)N[N+]1(CC(O)COCCCCCCOCC(O)C[N+]2(NC(=O)CCCO)CCCCC2)CCCCC1. The van der Waals surface area contributed by atoms with Crippen LogP contribution in [0.1, 0.15) is 89.9 Å². The Bertz CT molecular complexity index is 672. The van der Waals surface area contributed by atoms with Crippen molar-refractivity contribution in [3.8, 4) is 0 Å². The zero-order valence-electron chi connectivity index (χ0n) is 25.9. The van der Waals surface area contributed by atoms with Gasteiger partial charge < -0.3 is 29.9 Å². The maximum atomic E-state index is 12.3. The van der Waals surface area contributed by atoms with Crippen molar-refractivity contribution in [2.24, 2.45) is 0 Å². The van der Waals surface area contributed by atoms with Crippen molar-refractivity contribution in [2.75, 3.05) is 78.9 Å². The quantitative estimate of drug-likeness (QED) is 0.0742. The summed E-state index contributed by atoms with van der Waals surface area (Å²) in [7, 11) is 0. The topological polar surface area (TPSA) is 158 Å². The van der Waals surface area contributed by atoms with E-state index in [4.69, 9.17) is 19.7 Å². The zero-order valence-corrected chi connectivity index (χ0v) is 25.9. The molecule has 2 heterocycles. The summed E-state index contributed by atoms with van der Waals surface area (Å²) < 4.78 is 12.2. The predicted octanol–water partition coefficient (Wildman–Crippen LogP) is 0.911. The Morgan fingerprint density at radius 2 is 0.976 bits per heavy atom. The summed E-state index contributed by atoms with van der Waals surface area (Å²) in [6.45, 7) is 5.73. The first kappa shape index (κ1) is 36.8. The van der Waals surface area contributed by atoms with Crippen LogP contribution in [0.4, 0.5) is 0 Å². The van der Waals surface area contributed by atoms with E-state index in [-0.39, 0.29) is 38.2 Å². The van der Waals surface area contributed by atoms with E-state index in [1.807, 2.05) is 0 Å². The Balaban J connectivity index is 1.54. The van der Waals surface area contributed by atoms with Crippen LogP contribution in [-0.4, -0.2) is 133 Å². The number of aliphatic hydroxyl groups is 4. The van der Waals surface area contributed by atoms with Gasteiger partial charge in [0.25, 0.3) is 11.8 Å². The van der Waals surface area contributed by atoms with E-state index in [0.717, 1.165) is 90.4 Å². The van der Waals surface area contributed by atoms with Crippen molar-refractivity contribution in [3.63, 3.8) is 0 Å². The van der Waals surface area contributed by atoms with E-state index >= 15 is 0 Å². The van der Waals surface area contributed by atoms with Gasteiger partial charge in [-0.2, -0.15) is 0 Å². The molecule has 0 spiro atoms. The van der Waals surface area contributed by atoms with Gasteiger partial charge in [0.2, 0.25) is 0 Å². The van der Waals surface area contributed by atoms with Crippen molar-refractivity contribution in [1.29, 1.82) is 0 Å². The minimum absolute atomic E-state index is 0.00418. The molecular formula is C30H60N4O8+2. The van der Waals surface area contributed by atoms with Crippen molar-refractivity contribution >= 4 is 11.8 Å². The van der Waals surface area contributed by atoms with Gasteiger partial charge in [-0.25, -0.2) is 20.0 Å². The second-order valence-corrected chi connectivity index (χ2v) is 12.3. The molecule has 0 radical (unpaired) electrons. The molecule has 2 rings (SSSR count). The fourth-order valence-electron chi connectivity index (χ4n) is 6.15. The summed E-state index contributed by atoms with van der Waals surface area (Å²) in [5.41, 5.74) is 6.19. The summed E-state index contributed by atoms with van der Waals surface area (Å²) in [5, 5.41) is 39.2. The lowest BCUT2D eigenvalue weighted by atomic mass is 10.1. The first-order chi connectivity index (χ1) is 20.3. The summed E-state index contributed by atoms with van der Waals surface area (Å²) >= 11 is 0. The first-order valence-corrected chi connectivity index (χ1v) is 16.4. The van der Waals surface area contributed by atoms with Crippen LogP contribution < -0.4 is 10.9 Å². The van der Waals surface area contributed by atoms with E-state index in [2.05, 4.69) is 10.9 Å². The Morgan fingerprint density at radius 3 is 1.33 bits per heavy atom. The Hall–Kier alpha value is -1.38. The molecule has 0 aromatic rings. The maximum Gasteiger partial charge on any atom is 0.265 e. The van der Waals surface area contributed by atoms with E-state index in [1.54, 1.807) is 0 Å². The van der Waals surface area contributed by atoms with Gasteiger partial charge in [0, 0.05) is 39.3 Å². The number of quaternary nitrogens is 2. The minimum Gasteiger partial charge on any atom is -0.396 e. The third kappa shape index (κ3) is 15.4. The molecule has 12 heteroatoms. The van der Waals surface area contributed by atoms with Crippen LogP contribution in [0.3, 0.4) is 0 Å². The molecule has 0 bridgehead atoms. The molecule has 2 atom stereocenters. The smallest absolute Gasteiger partial charge is 0.265 e. The van der Waals surface area contributed by atoms with E-state index in [1.165, 1.54) is 0 Å². The van der Waals surface area contributed by atoms with Crippen molar-refractivity contribution in [2.45, 2.75) is 102 Å². The molecular weight excluding hydrogens is 544 g/mol. The molecule has 2 saturated heterocycles.